The highest BCUT2D eigenvalue weighted by Crippen LogP contribution is 2.28. The number of aryl methyl sites for hydroxylation is 2. The maximum absolute atomic E-state index is 11.8. The summed E-state index contributed by atoms with van der Waals surface area (Å²) >= 11 is 0. The molecule has 2 rings (SSSR count). The maximum atomic E-state index is 11.8. The van der Waals surface area contributed by atoms with Gasteiger partial charge in [0, 0.05) is 38.0 Å². The summed E-state index contributed by atoms with van der Waals surface area (Å²) in [5.74, 6) is -0.612. The second-order valence-corrected chi connectivity index (χ2v) is 5.51. The third-order valence-corrected chi connectivity index (χ3v) is 3.54. The van der Waals surface area contributed by atoms with Gasteiger partial charge in [0.2, 0.25) is 0 Å². The predicted octanol–water partition coefficient (Wildman–Crippen LogP) is 2.15. The summed E-state index contributed by atoms with van der Waals surface area (Å²) in [5, 5.41) is 0.721. The third kappa shape index (κ3) is 5.15. The number of benzene rings is 1. The molecule has 0 bridgehead atoms. The van der Waals surface area contributed by atoms with Crippen LogP contribution in [0.2, 0.25) is 0 Å². The van der Waals surface area contributed by atoms with E-state index < -0.39 is 11.6 Å². The molecule has 0 spiro atoms. The highest BCUT2D eigenvalue weighted by atomic mass is 16.6. The molecule has 7 heteroatoms. The number of carbonyl (C=O) groups is 2. The van der Waals surface area contributed by atoms with Gasteiger partial charge in [-0.05, 0) is 30.5 Å². The molecule has 1 aromatic carbocycles. The summed E-state index contributed by atoms with van der Waals surface area (Å²) in [5.41, 5.74) is 1.24. The van der Waals surface area contributed by atoms with Crippen molar-refractivity contribution in [2.45, 2.75) is 26.7 Å². The van der Waals surface area contributed by atoms with Gasteiger partial charge in [0.1, 0.15) is 17.9 Å². The number of carbonyl (C=O) groups excluding carboxylic acids is 2. The lowest BCUT2D eigenvalue weighted by molar-refractivity contribution is -0.144. The molecule has 0 saturated heterocycles. The van der Waals surface area contributed by atoms with Crippen molar-refractivity contribution in [3.63, 3.8) is 0 Å². The van der Waals surface area contributed by atoms with E-state index >= 15 is 0 Å². The fourth-order valence-corrected chi connectivity index (χ4v) is 2.38. The molecule has 0 N–H and O–H groups in total. The van der Waals surface area contributed by atoms with Crippen molar-refractivity contribution in [3.05, 3.63) is 39.7 Å². The Hall–Kier alpha value is -2.67. The van der Waals surface area contributed by atoms with Gasteiger partial charge in [-0.15, -0.1) is 0 Å². The molecule has 1 aromatic heterocycles. The Morgan fingerprint density at radius 2 is 1.92 bits per heavy atom. The smallest absolute Gasteiger partial charge is 0.336 e. The lowest BCUT2D eigenvalue weighted by Gasteiger charge is -2.11. The Bertz CT molecular complexity index is 835. The number of hydrogen-bond donors (Lipinski definition) is 0. The normalized spacial score (nSPS) is 10.7. The van der Waals surface area contributed by atoms with E-state index in [-0.39, 0.29) is 24.7 Å². The molecule has 0 atom stereocenters. The minimum absolute atomic E-state index is 0.124. The quantitative estimate of drug-likeness (QED) is 0.328. The maximum Gasteiger partial charge on any atom is 0.336 e. The SMILES string of the molecule is COCCOC(=O)CCc1cc2c(C)cc(=O)oc2cc1OC(C)=O. The summed E-state index contributed by atoms with van der Waals surface area (Å²) < 4.78 is 20.2. The van der Waals surface area contributed by atoms with Crippen LogP contribution in [-0.2, 0) is 25.5 Å². The first-order valence-corrected chi connectivity index (χ1v) is 7.81. The molecule has 134 valence electrons. The highest BCUT2D eigenvalue weighted by molar-refractivity contribution is 5.84. The molecule has 7 nitrogen and oxygen atoms in total. The van der Waals surface area contributed by atoms with Crippen LogP contribution >= 0.6 is 0 Å². The van der Waals surface area contributed by atoms with Crippen LogP contribution in [0.5, 0.6) is 5.75 Å². The topological polar surface area (TPSA) is 92.0 Å². The van der Waals surface area contributed by atoms with Crippen LogP contribution in [0.15, 0.2) is 27.4 Å². The van der Waals surface area contributed by atoms with Gasteiger partial charge in [0.15, 0.2) is 0 Å². The van der Waals surface area contributed by atoms with Crippen LogP contribution in [0.4, 0.5) is 0 Å². The summed E-state index contributed by atoms with van der Waals surface area (Å²) in [6.07, 6.45) is 0.447. The fourth-order valence-electron chi connectivity index (χ4n) is 2.38. The minimum Gasteiger partial charge on any atom is -0.463 e. The monoisotopic (exact) mass is 348 g/mol. The average Bonchev–Trinajstić information content (AvgIpc) is 2.52. The number of hydrogen-bond acceptors (Lipinski definition) is 7. The zero-order chi connectivity index (χ0) is 18.4. The van der Waals surface area contributed by atoms with Crippen LogP contribution < -0.4 is 10.4 Å². The zero-order valence-corrected chi connectivity index (χ0v) is 14.4. The Kier molecular flexibility index (Phi) is 6.30. The van der Waals surface area contributed by atoms with Crippen molar-refractivity contribution in [2.24, 2.45) is 0 Å². The van der Waals surface area contributed by atoms with Crippen molar-refractivity contribution < 1.29 is 28.2 Å². The summed E-state index contributed by atoms with van der Waals surface area (Å²) in [6.45, 7) is 3.58. The number of rotatable bonds is 7. The lowest BCUT2D eigenvalue weighted by atomic mass is 10.0. The molecule has 0 aliphatic heterocycles. The Morgan fingerprint density at radius 1 is 1.16 bits per heavy atom. The first-order chi connectivity index (χ1) is 11.9. The summed E-state index contributed by atoms with van der Waals surface area (Å²) in [4.78, 5) is 34.6. The molecule has 0 aliphatic carbocycles. The van der Waals surface area contributed by atoms with E-state index in [1.54, 1.807) is 13.0 Å². The van der Waals surface area contributed by atoms with E-state index in [4.69, 9.17) is 18.6 Å². The van der Waals surface area contributed by atoms with Crippen LogP contribution in [0.25, 0.3) is 11.0 Å². The first-order valence-electron chi connectivity index (χ1n) is 7.81. The Balaban J connectivity index is 2.27. The van der Waals surface area contributed by atoms with E-state index in [2.05, 4.69) is 0 Å². The molecule has 0 amide bonds. The van der Waals surface area contributed by atoms with Crippen molar-refractivity contribution >= 4 is 22.9 Å². The average molecular weight is 348 g/mol. The van der Waals surface area contributed by atoms with Gasteiger partial charge >= 0.3 is 17.6 Å². The van der Waals surface area contributed by atoms with Crippen LogP contribution in [0.1, 0.15) is 24.5 Å². The van der Waals surface area contributed by atoms with Gasteiger partial charge in [-0.3, -0.25) is 9.59 Å². The number of ether oxygens (including phenoxy) is 3. The van der Waals surface area contributed by atoms with Crippen molar-refractivity contribution in [1.82, 2.24) is 0 Å². The largest absolute Gasteiger partial charge is 0.463 e. The second-order valence-electron chi connectivity index (χ2n) is 5.51. The molecular formula is C18H20O7. The van der Waals surface area contributed by atoms with Crippen molar-refractivity contribution in [3.8, 4) is 5.75 Å². The molecular weight excluding hydrogens is 328 g/mol. The second kappa shape index (κ2) is 8.43. The van der Waals surface area contributed by atoms with Crippen LogP contribution in [-0.4, -0.2) is 32.3 Å². The zero-order valence-electron chi connectivity index (χ0n) is 14.4. The molecule has 0 fully saturated rings. The van der Waals surface area contributed by atoms with Crippen LogP contribution in [0, 0.1) is 6.92 Å². The minimum atomic E-state index is -0.502. The van der Waals surface area contributed by atoms with Gasteiger partial charge in [-0.25, -0.2) is 4.79 Å². The number of esters is 2. The van der Waals surface area contributed by atoms with E-state index in [9.17, 15) is 14.4 Å². The van der Waals surface area contributed by atoms with E-state index in [1.807, 2.05) is 0 Å². The predicted molar refractivity (Wildman–Crippen MR) is 89.7 cm³/mol. The Labute approximate surface area is 144 Å². The summed E-state index contributed by atoms with van der Waals surface area (Å²) in [7, 11) is 1.52. The highest BCUT2D eigenvalue weighted by Gasteiger charge is 2.14. The molecule has 0 saturated carbocycles. The first kappa shape index (κ1) is 18.7. The number of methoxy groups -OCH3 is 1. The van der Waals surface area contributed by atoms with Crippen molar-refractivity contribution in [1.29, 1.82) is 0 Å². The summed E-state index contributed by atoms with van der Waals surface area (Å²) in [6, 6.07) is 4.64. The molecule has 1 heterocycles. The van der Waals surface area contributed by atoms with Gasteiger partial charge in [0.05, 0.1) is 6.61 Å². The molecule has 0 unspecified atom stereocenters. The van der Waals surface area contributed by atoms with Gasteiger partial charge < -0.3 is 18.6 Å². The van der Waals surface area contributed by atoms with Crippen molar-refractivity contribution in [2.75, 3.05) is 20.3 Å². The molecule has 0 radical (unpaired) electrons. The van der Waals surface area contributed by atoms with Gasteiger partial charge in [-0.1, -0.05) is 0 Å². The third-order valence-electron chi connectivity index (χ3n) is 3.54. The van der Waals surface area contributed by atoms with Gasteiger partial charge in [-0.2, -0.15) is 0 Å². The van der Waals surface area contributed by atoms with Gasteiger partial charge in [0.25, 0.3) is 0 Å². The lowest BCUT2D eigenvalue weighted by Crippen LogP contribution is -2.11. The van der Waals surface area contributed by atoms with E-state index in [0.29, 0.717) is 24.2 Å². The molecule has 0 aliphatic rings. The molecule has 2 aromatic rings. The van der Waals surface area contributed by atoms with E-state index in [0.717, 1.165) is 10.9 Å². The van der Waals surface area contributed by atoms with Crippen LogP contribution in [0.3, 0.4) is 0 Å². The fraction of sp³-hybridized carbons (Fsp3) is 0.389. The Morgan fingerprint density at radius 3 is 2.60 bits per heavy atom. The molecule has 25 heavy (non-hydrogen) atoms. The van der Waals surface area contributed by atoms with E-state index in [1.165, 1.54) is 26.2 Å². The standard InChI is InChI=1S/C18H20O7/c1-11-8-18(21)25-16-10-15(24-12(2)19)13(9-14(11)16)4-5-17(20)23-7-6-22-3/h8-10H,4-7H2,1-3H3. The number of fused-ring (bicyclic) bond motifs is 1.